The van der Waals surface area contributed by atoms with Crippen LogP contribution in [0.2, 0.25) is 0 Å². The first kappa shape index (κ1) is 20.5. The summed E-state index contributed by atoms with van der Waals surface area (Å²) in [6.07, 6.45) is 3.68. The van der Waals surface area contributed by atoms with E-state index >= 15 is 0 Å². The number of aryl methyl sites for hydroxylation is 3. The van der Waals surface area contributed by atoms with Gasteiger partial charge in [-0.2, -0.15) is 0 Å². The van der Waals surface area contributed by atoms with Crippen LogP contribution in [0.5, 0.6) is 0 Å². The van der Waals surface area contributed by atoms with Gasteiger partial charge in [-0.15, -0.1) is 11.3 Å². The van der Waals surface area contributed by atoms with Gasteiger partial charge in [-0.1, -0.05) is 13.8 Å². The SMILES string of the molecule is CC(C)CNC(=O)[C@H](C)OC(=O)CCc1nc2sc3c(c2c(=O)[nH]1)CCCC3. The molecule has 0 aliphatic heterocycles. The Morgan fingerprint density at radius 2 is 2.00 bits per heavy atom. The number of ether oxygens (including phenoxy) is 1. The van der Waals surface area contributed by atoms with Crippen molar-refractivity contribution >= 4 is 33.4 Å². The number of carbonyl (C=O) groups excluding carboxylic acids is 2. The molecule has 0 bridgehead atoms. The molecule has 0 saturated heterocycles. The fourth-order valence-corrected chi connectivity index (χ4v) is 4.59. The Morgan fingerprint density at radius 1 is 1.25 bits per heavy atom. The van der Waals surface area contributed by atoms with E-state index in [9.17, 15) is 14.4 Å². The number of nitrogens with one attached hydrogen (secondary N) is 2. The second-order valence-corrected chi connectivity index (χ2v) is 8.76. The minimum absolute atomic E-state index is 0.0569. The molecule has 2 aromatic rings. The van der Waals surface area contributed by atoms with Crippen LogP contribution in [0, 0.1) is 5.92 Å². The molecule has 1 aliphatic carbocycles. The summed E-state index contributed by atoms with van der Waals surface area (Å²) in [6, 6.07) is 0. The number of hydrogen-bond acceptors (Lipinski definition) is 6. The Morgan fingerprint density at radius 3 is 2.75 bits per heavy atom. The zero-order valence-electron chi connectivity index (χ0n) is 16.6. The van der Waals surface area contributed by atoms with E-state index in [2.05, 4.69) is 15.3 Å². The lowest BCUT2D eigenvalue weighted by atomic mass is 9.97. The minimum atomic E-state index is -0.843. The molecule has 3 rings (SSSR count). The third kappa shape index (κ3) is 4.79. The highest BCUT2D eigenvalue weighted by Gasteiger charge is 2.21. The summed E-state index contributed by atoms with van der Waals surface area (Å²) < 4.78 is 5.18. The molecule has 0 saturated carbocycles. The third-order valence-electron chi connectivity index (χ3n) is 4.80. The molecule has 0 radical (unpaired) electrons. The number of H-pyrrole nitrogens is 1. The smallest absolute Gasteiger partial charge is 0.307 e. The lowest BCUT2D eigenvalue weighted by Gasteiger charge is -2.14. The Labute approximate surface area is 167 Å². The molecule has 0 aromatic carbocycles. The predicted octanol–water partition coefficient (Wildman–Crippen LogP) is 2.50. The van der Waals surface area contributed by atoms with Gasteiger partial charge in [0.1, 0.15) is 10.7 Å². The number of nitrogens with zero attached hydrogens (tertiary/aromatic N) is 1. The van der Waals surface area contributed by atoms with Crippen molar-refractivity contribution in [3.05, 3.63) is 26.6 Å². The zero-order valence-corrected chi connectivity index (χ0v) is 17.4. The number of carbonyl (C=O) groups is 2. The van der Waals surface area contributed by atoms with Gasteiger partial charge in [0, 0.05) is 17.8 Å². The van der Waals surface area contributed by atoms with Gasteiger partial charge in [0.25, 0.3) is 11.5 Å². The summed E-state index contributed by atoms with van der Waals surface area (Å²) in [6.45, 7) is 6.07. The van der Waals surface area contributed by atoms with Crippen LogP contribution < -0.4 is 10.9 Å². The lowest BCUT2D eigenvalue weighted by Crippen LogP contribution is -2.37. The quantitative estimate of drug-likeness (QED) is 0.689. The molecule has 0 fully saturated rings. The molecule has 7 nitrogen and oxygen atoms in total. The molecule has 8 heteroatoms. The normalized spacial score (nSPS) is 14.7. The lowest BCUT2D eigenvalue weighted by molar-refractivity contribution is -0.154. The summed E-state index contributed by atoms with van der Waals surface area (Å²) in [5, 5.41) is 3.45. The van der Waals surface area contributed by atoms with Crippen LogP contribution in [0.1, 0.15) is 56.3 Å². The largest absolute Gasteiger partial charge is 0.453 e. The molecule has 1 amide bonds. The van der Waals surface area contributed by atoms with Crippen molar-refractivity contribution in [1.82, 2.24) is 15.3 Å². The number of aromatic amines is 1. The Balaban J connectivity index is 1.60. The summed E-state index contributed by atoms with van der Waals surface area (Å²) in [7, 11) is 0. The number of fused-ring (bicyclic) bond motifs is 3. The van der Waals surface area contributed by atoms with E-state index < -0.39 is 12.1 Å². The van der Waals surface area contributed by atoms with Crippen molar-refractivity contribution in [1.29, 1.82) is 0 Å². The zero-order chi connectivity index (χ0) is 20.3. The molecule has 0 spiro atoms. The van der Waals surface area contributed by atoms with Gasteiger partial charge < -0.3 is 15.0 Å². The van der Waals surface area contributed by atoms with Crippen molar-refractivity contribution < 1.29 is 14.3 Å². The van der Waals surface area contributed by atoms with E-state index in [1.54, 1.807) is 18.3 Å². The van der Waals surface area contributed by atoms with E-state index in [1.165, 1.54) is 4.88 Å². The topological polar surface area (TPSA) is 101 Å². The van der Waals surface area contributed by atoms with Crippen LogP contribution in [0.4, 0.5) is 0 Å². The Bertz CT molecular complexity index is 931. The van der Waals surface area contributed by atoms with Gasteiger partial charge in [-0.3, -0.25) is 14.4 Å². The maximum absolute atomic E-state index is 12.5. The number of rotatable bonds is 7. The summed E-state index contributed by atoms with van der Waals surface area (Å²) in [5.41, 5.74) is 1.02. The molecule has 0 unspecified atom stereocenters. The number of amides is 1. The fraction of sp³-hybridized carbons (Fsp3) is 0.600. The minimum Gasteiger partial charge on any atom is -0.453 e. The molecule has 2 aromatic heterocycles. The first-order chi connectivity index (χ1) is 13.3. The van der Waals surface area contributed by atoms with Gasteiger partial charge in [0.15, 0.2) is 6.10 Å². The van der Waals surface area contributed by atoms with Crippen LogP contribution in [0.15, 0.2) is 4.79 Å². The van der Waals surface area contributed by atoms with Crippen LogP contribution in [-0.4, -0.2) is 34.5 Å². The average Bonchev–Trinajstić information content (AvgIpc) is 3.03. The highest BCUT2D eigenvalue weighted by Crippen LogP contribution is 2.33. The predicted molar refractivity (Wildman–Crippen MR) is 109 cm³/mol. The van der Waals surface area contributed by atoms with Crippen molar-refractivity contribution in [2.75, 3.05) is 6.54 Å². The second-order valence-electron chi connectivity index (χ2n) is 7.67. The molecule has 28 heavy (non-hydrogen) atoms. The first-order valence-electron chi connectivity index (χ1n) is 9.85. The molecule has 2 N–H and O–H groups in total. The molecule has 1 aliphatic rings. The van der Waals surface area contributed by atoms with Crippen molar-refractivity contribution in [2.45, 2.75) is 65.4 Å². The Kier molecular flexibility index (Phi) is 6.49. The first-order valence-corrected chi connectivity index (χ1v) is 10.7. The maximum atomic E-state index is 12.5. The molecular formula is C20H27N3O4S. The Hall–Kier alpha value is -2.22. The fourth-order valence-electron chi connectivity index (χ4n) is 3.31. The van der Waals surface area contributed by atoms with Crippen LogP contribution in [-0.2, 0) is 33.6 Å². The number of hydrogen-bond donors (Lipinski definition) is 2. The third-order valence-corrected chi connectivity index (χ3v) is 5.99. The highest BCUT2D eigenvalue weighted by atomic mass is 32.1. The molecular weight excluding hydrogens is 378 g/mol. The van der Waals surface area contributed by atoms with E-state index in [0.717, 1.165) is 36.1 Å². The van der Waals surface area contributed by atoms with Crippen molar-refractivity contribution in [3.63, 3.8) is 0 Å². The standard InChI is InChI=1S/C20H27N3O4S/c1-11(2)10-21-18(25)12(3)27-16(24)9-8-15-22-19(26)17-13-6-4-5-7-14(13)28-20(17)23-15/h11-12H,4-10H2,1-3H3,(H,21,25)(H,22,23,26)/t12-/m0/s1. The van der Waals surface area contributed by atoms with Gasteiger partial charge in [0.2, 0.25) is 0 Å². The van der Waals surface area contributed by atoms with Crippen molar-refractivity contribution in [3.8, 4) is 0 Å². The van der Waals surface area contributed by atoms with E-state index in [0.29, 0.717) is 23.7 Å². The van der Waals surface area contributed by atoms with Crippen LogP contribution in [0.3, 0.4) is 0 Å². The number of aromatic nitrogens is 2. The maximum Gasteiger partial charge on any atom is 0.307 e. The monoisotopic (exact) mass is 405 g/mol. The van der Waals surface area contributed by atoms with Gasteiger partial charge in [-0.05, 0) is 44.1 Å². The molecule has 2 heterocycles. The van der Waals surface area contributed by atoms with Gasteiger partial charge in [0.05, 0.1) is 11.8 Å². The molecule has 1 atom stereocenters. The van der Waals surface area contributed by atoms with Gasteiger partial charge >= 0.3 is 5.97 Å². The van der Waals surface area contributed by atoms with E-state index in [1.807, 2.05) is 13.8 Å². The van der Waals surface area contributed by atoms with E-state index in [4.69, 9.17) is 4.74 Å². The summed E-state index contributed by atoms with van der Waals surface area (Å²) in [4.78, 5) is 45.8. The summed E-state index contributed by atoms with van der Waals surface area (Å²) >= 11 is 1.58. The van der Waals surface area contributed by atoms with Crippen molar-refractivity contribution in [2.24, 2.45) is 5.92 Å². The number of thiophene rings is 1. The van der Waals surface area contributed by atoms with Crippen LogP contribution in [0.25, 0.3) is 10.2 Å². The van der Waals surface area contributed by atoms with Gasteiger partial charge in [-0.25, -0.2) is 4.98 Å². The van der Waals surface area contributed by atoms with Crippen LogP contribution >= 0.6 is 11.3 Å². The average molecular weight is 406 g/mol. The second kappa shape index (κ2) is 8.86. The molecule has 152 valence electrons. The summed E-state index contributed by atoms with van der Waals surface area (Å²) in [5.74, 6) is 0.0112. The number of esters is 1. The van der Waals surface area contributed by atoms with E-state index in [-0.39, 0.29) is 24.3 Å². The highest BCUT2D eigenvalue weighted by molar-refractivity contribution is 7.18.